The first-order valence-corrected chi connectivity index (χ1v) is 4.61. The number of pyridine rings is 1. The number of carboxylic acid groups (broad SMARTS) is 1. The summed E-state index contributed by atoms with van der Waals surface area (Å²) in [5.74, 6) is -0.574. The molecule has 0 spiro atoms. The van der Waals surface area contributed by atoms with Crippen LogP contribution in [0.1, 0.15) is 21.6 Å². The fourth-order valence-electron chi connectivity index (χ4n) is 1.09. The normalized spacial score (nSPS) is 10.7. The van der Waals surface area contributed by atoms with Gasteiger partial charge < -0.3 is 5.11 Å². The maximum atomic E-state index is 10.6. The molecule has 1 N–H and O–H groups in total. The number of carbonyl (C=O) groups is 1. The number of aromatic nitrogens is 1. The molecule has 0 bridgehead atoms. The highest BCUT2D eigenvalue weighted by Gasteiger charge is 2.07. The number of rotatable bonds is 3. The lowest BCUT2D eigenvalue weighted by atomic mass is 10.1. The van der Waals surface area contributed by atoms with Crippen LogP contribution in [0, 0.1) is 6.92 Å². The zero-order valence-corrected chi connectivity index (χ0v) is 8.45. The number of aromatic carboxylic acids is 1. The molecule has 4 heteroatoms. The second-order valence-corrected chi connectivity index (χ2v) is 3.10. The van der Waals surface area contributed by atoms with E-state index in [9.17, 15) is 4.79 Å². The molecule has 14 heavy (non-hydrogen) atoms. The standard InChI is InChI=1S/C10H10ClNO2/c1-7-5-8(3-2-4-11)6-12-9(7)10(13)14/h2-3,5-6H,4H2,1H3,(H,13,14). The lowest BCUT2D eigenvalue weighted by molar-refractivity contribution is 0.0689. The number of hydrogen-bond donors (Lipinski definition) is 1. The van der Waals surface area contributed by atoms with Crippen molar-refractivity contribution in [2.75, 3.05) is 5.88 Å². The first-order chi connectivity index (χ1) is 6.65. The summed E-state index contributed by atoms with van der Waals surface area (Å²) in [6.45, 7) is 1.72. The molecular weight excluding hydrogens is 202 g/mol. The Morgan fingerprint density at radius 1 is 1.71 bits per heavy atom. The Hall–Kier alpha value is -1.35. The molecule has 0 aliphatic rings. The predicted molar refractivity (Wildman–Crippen MR) is 55.7 cm³/mol. The van der Waals surface area contributed by atoms with Crippen molar-refractivity contribution >= 4 is 23.6 Å². The molecule has 0 saturated carbocycles. The number of nitrogens with zero attached hydrogens (tertiary/aromatic N) is 1. The van der Waals surface area contributed by atoms with E-state index in [0.29, 0.717) is 11.4 Å². The first kappa shape index (κ1) is 10.7. The molecule has 74 valence electrons. The molecule has 1 rings (SSSR count). The second kappa shape index (κ2) is 4.77. The third kappa shape index (κ3) is 2.57. The third-order valence-electron chi connectivity index (χ3n) is 1.70. The van der Waals surface area contributed by atoms with Gasteiger partial charge in [-0.05, 0) is 24.1 Å². The van der Waals surface area contributed by atoms with E-state index in [0.717, 1.165) is 5.56 Å². The van der Waals surface area contributed by atoms with Gasteiger partial charge in [-0.15, -0.1) is 11.6 Å². The first-order valence-electron chi connectivity index (χ1n) is 4.07. The van der Waals surface area contributed by atoms with Crippen molar-refractivity contribution in [2.24, 2.45) is 0 Å². The van der Waals surface area contributed by atoms with Gasteiger partial charge in [-0.2, -0.15) is 0 Å². The van der Waals surface area contributed by atoms with E-state index in [1.807, 2.05) is 0 Å². The fraction of sp³-hybridized carbons (Fsp3) is 0.200. The summed E-state index contributed by atoms with van der Waals surface area (Å²) >= 11 is 5.47. The number of halogens is 1. The van der Waals surface area contributed by atoms with Gasteiger partial charge in [0, 0.05) is 12.1 Å². The Morgan fingerprint density at radius 2 is 2.43 bits per heavy atom. The summed E-state index contributed by atoms with van der Waals surface area (Å²) in [6.07, 6.45) is 5.09. The van der Waals surface area contributed by atoms with Crippen molar-refractivity contribution in [1.82, 2.24) is 4.98 Å². The van der Waals surface area contributed by atoms with E-state index in [1.165, 1.54) is 6.20 Å². The van der Waals surface area contributed by atoms with Crippen LogP contribution in [0.25, 0.3) is 6.08 Å². The van der Waals surface area contributed by atoms with Gasteiger partial charge in [0.15, 0.2) is 5.69 Å². The number of carboxylic acids is 1. The fourth-order valence-corrected chi connectivity index (χ4v) is 1.18. The monoisotopic (exact) mass is 211 g/mol. The zero-order chi connectivity index (χ0) is 10.6. The molecule has 0 aliphatic heterocycles. The number of aryl methyl sites for hydroxylation is 1. The molecule has 0 radical (unpaired) electrons. The van der Waals surface area contributed by atoms with Crippen LogP contribution in [0.2, 0.25) is 0 Å². The van der Waals surface area contributed by atoms with E-state index in [-0.39, 0.29) is 5.69 Å². The highest BCUT2D eigenvalue weighted by Crippen LogP contribution is 2.09. The maximum absolute atomic E-state index is 10.6. The van der Waals surface area contributed by atoms with Crippen LogP contribution < -0.4 is 0 Å². The molecule has 1 aromatic rings. The van der Waals surface area contributed by atoms with Crippen molar-refractivity contribution in [3.63, 3.8) is 0 Å². The lowest BCUT2D eigenvalue weighted by Gasteiger charge is -2.00. The minimum Gasteiger partial charge on any atom is -0.477 e. The van der Waals surface area contributed by atoms with Crippen LogP contribution in [0.5, 0.6) is 0 Å². The number of alkyl halides is 1. The van der Waals surface area contributed by atoms with E-state index in [4.69, 9.17) is 16.7 Å². The summed E-state index contributed by atoms with van der Waals surface area (Å²) in [4.78, 5) is 14.5. The smallest absolute Gasteiger partial charge is 0.354 e. The quantitative estimate of drug-likeness (QED) is 0.781. The van der Waals surface area contributed by atoms with Gasteiger partial charge in [0.1, 0.15) is 0 Å². The van der Waals surface area contributed by atoms with E-state index in [2.05, 4.69) is 4.98 Å². The Balaban J connectivity index is 3.00. The van der Waals surface area contributed by atoms with Crippen LogP contribution in [-0.2, 0) is 0 Å². The van der Waals surface area contributed by atoms with E-state index < -0.39 is 5.97 Å². The van der Waals surface area contributed by atoms with Crippen LogP contribution >= 0.6 is 11.6 Å². The predicted octanol–water partition coefficient (Wildman–Crippen LogP) is 2.34. The van der Waals surface area contributed by atoms with E-state index in [1.54, 1.807) is 25.1 Å². The average Bonchev–Trinajstić information content (AvgIpc) is 2.14. The molecule has 0 aliphatic carbocycles. The van der Waals surface area contributed by atoms with Crippen molar-refractivity contribution in [3.8, 4) is 0 Å². The molecule has 1 aromatic heterocycles. The molecule has 0 fully saturated rings. The van der Waals surface area contributed by atoms with Gasteiger partial charge in [-0.1, -0.05) is 12.2 Å². The molecule has 0 aromatic carbocycles. The molecule has 0 atom stereocenters. The van der Waals surface area contributed by atoms with Crippen molar-refractivity contribution in [3.05, 3.63) is 35.2 Å². The summed E-state index contributed by atoms with van der Waals surface area (Å²) in [5, 5.41) is 8.73. The number of allylic oxidation sites excluding steroid dienone is 1. The van der Waals surface area contributed by atoms with Gasteiger partial charge >= 0.3 is 5.97 Å². The highest BCUT2D eigenvalue weighted by molar-refractivity contribution is 6.19. The van der Waals surface area contributed by atoms with Crippen molar-refractivity contribution in [1.29, 1.82) is 0 Å². The molecule has 0 unspecified atom stereocenters. The zero-order valence-electron chi connectivity index (χ0n) is 7.70. The molecule has 0 saturated heterocycles. The summed E-state index contributed by atoms with van der Waals surface area (Å²) in [7, 11) is 0. The summed E-state index contributed by atoms with van der Waals surface area (Å²) in [5.41, 5.74) is 1.59. The summed E-state index contributed by atoms with van der Waals surface area (Å²) < 4.78 is 0. The second-order valence-electron chi connectivity index (χ2n) is 2.80. The molecular formula is C10H10ClNO2. The summed E-state index contributed by atoms with van der Waals surface area (Å²) in [6, 6.07) is 1.76. The molecule has 3 nitrogen and oxygen atoms in total. The SMILES string of the molecule is Cc1cc(C=CCCl)cnc1C(=O)O. The Labute approximate surface area is 87.0 Å². The van der Waals surface area contributed by atoms with Gasteiger partial charge in [0.05, 0.1) is 0 Å². The van der Waals surface area contributed by atoms with Crippen molar-refractivity contribution < 1.29 is 9.90 Å². The Morgan fingerprint density at radius 3 is 2.93 bits per heavy atom. The van der Waals surface area contributed by atoms with Crippen LogP contribution in [-0.4, -0.2) is 21.9 Å². The van der Waals surface area contributed by atoms with Gasteiger partial charge in [0.25, 0.3) is 0 Å². The Bertz CT molecular complexity index is 374. The highest BCUT2D eigenvalue weighted by atomic mass is 35.5. The van der Waals surface area contributed by atoms with Crippen molar-refractivity contribution in [2.45, 2.75) is 6.92 Å². The lowest BCUT2D eigenvalue weighted by Crippen LogP contribution is -2.03. The van der Waals surface area contributed by atoms with E-state index >= 15 is 0 Å². The largest absolute Gasteiger partial charge is 0.477 e. The van der Waals surface area contributed by atoms with Crippen LogP contribution in [0.4, 0.5) is 0 Å². The third-order valence-corrected chi connectivity index (χ3v) is 1.88. The minimum atomic E-state index is -1.00. The van der Waals surface area contributed by atoms with Crippen LogP contribution in [0.15, 0.2) is 18.3 Å². The van der Waals surface area contributed by atoms with Gasteiger partial charge in [-0.3, -0.25) is 0 Å². The Kier molecular flexibility index (Phi) is 3.65. The minimum absolute atomic E-state index is 0.0908. The van der Waals surface area contributed by atoms with Gasteiger partial charge in [0.2, 0.25) is 0 Å². The number of hydrogen-bond acceptors (Lipinski definition) is 2. The van der Waals surface area contributed by atoms with Crippen LogP contribution in [0.3, 0.4) is 0 Å². The maximum Gasteiger partial charge on any atom is 0.354 e. The molecule has 1 heterocycles. The van der Waals surface area contributed by atoms with Gasteiger partial charge in [-0.25, -0.2) is 9.78 Å². The topological polar surface area (TPSA) is 50.2 Å². The average molecular weight is 212 g/mol. The molecule has 0 amide bonds.